The molecule has 5 rings (SSSR count). The van der Waals surface area contributed by atoms with Crippen LogP contribution in [0.4, 0.5) is 0 Å². The zero-order chi connectivity index (χ0) is 24.7. The molecule has 0 unspecified atom stereocenters. The fraction of sp³-hybridized carbons (Fsp3) is 0.138. The molecule has 0 atom stereocenters. The van der Waals surface area contributed by atoms with Crippen LogP contribution < -0.4 is 5.56 Å². The average molecular weight is 496 g/mol. The van der Waals surface area contributed by atoms with Crippen LogP contribution in [0.1, 0.15) is 16.9 Å². The van der Waals surface area contributed by atoms with E-state index in [1.165, 1.54) is 11.8 Å². The number of hydrogen-bond acceptors (Lipinski definition) is 5. The number of benzene rings is 3. The Morgan fingerprint density at radius 1 is 0.833 bits per heavy atom. The predicted octanol–water partition coefficient (Wildman–Crippen LogP) is 5.36. The first-order valence-electron chi connectivity index (χ1n) is 11.7. The van der Waals surface area contributed by atoms with Gasteiger partial charge >= 0.3 is 0 Å². The van der Waals surface area contributed by atoms with Gasteiger partial charge in [-0.2, -0.15) is 0 Å². The maximum Gasteiger partial charge on any atom is 0.262 e. The molecule has 36 heavy (non-hydrogen) atoms. The van der Waals surface area contributed by atoms with E-state index in [1.807, 2.05) is 91.0 Å². The number of hydrogen-bond donors (Lipinski definition) is 0. The number of thioether (sulfide) groups is 1. The van der Waals surface area contributed by atoms with Gasteiger partial charge in [0.15, 0.2) is 5.16 Å². The number of amides is 1. The first-order valence-corrected chi connectivity index (χ1v) is 12.7. The Kier molecular flexibility index (Phi) is 7.28. The zero-order valence-corrected chi connectivity index (χ0v) is 20.4. The molecule has 0 N–H and O–H groups in total. The Balaban J connectivity index is 1.42. The molecule has 2 heterocycles. The van der Waals surface area contributed by atoms with Gasteiger partial charge in [-0.3, -0.25) is 14.2 Å². The highest BCUT2D eigenvalue weighted by Crippen LogP contribution is 2.21. The molecule has 7 heteroatoms. The summed E-state index contributed by atoms with van der Waals surface area (Å²) in [4.78, 5) is 33.3. The third kappa shape index (κ3) is 5.58. The maximum atomic E-state index is 13.4. The molecule has 6 nitrogen and oxygen atoms in total. The van der Waals surface area contributed by atoms with E-state index in [1.54, 1.807) is 21.8 Å². The molecule has 0 aliphatic carbocycles. The van der Waals surface area contributed by atoms with Crippen molar-refractivity contribution in [1.82, 2.24) is 14.5 Å². The second kappa shape index (κ2) is 11.1. The van der Waals surface area contributed by atoms with E-state index >= 15 is 0 Å². The Labute approximate surface area is 213 Å². The average Bonchev–Trinajstić information content (AvgIpc) is 3.43. The molecule has 0 radical (unpaired) electrons. The van der Waals surface area contributed by atoms with Crippen molar-refractivity contribution in [3.8, 4) is 0 Å². The summed E-state index contributed by atoms with van der Waals surface area (Å²) >= 11 is 1.28. The Morgan fingerprint density at radius 3 is 2.25 bits per heavy atom. The highest BCUT2D eigenvalue weighted by Gasteiger charge is 2.19. The van der Waals surface area contributed by atoms with Gasteiger partial charge in [0.1, 0.15) is 5.76 Å². The van der Waals surface area contributed by atoms with Crippen molar-refractivity contribution in [2.75, 3.05) is 5.75 Å². The van der Waals surface area contributed by atoms with Gasteiger partial charge in [-0.25, -0.2) is 4.98 Å². The van der Waals surface area contributed by atoms with Crippen molar-refractivity contribution >= 4 is 28.6 Å². The summed E-state index contributed by atoms with van der Waals surface area (Å²) in [6.07, 6.45) is 1.61. The van der Waals surface area contributed by atoms with Gasteiger partial charge in [0.2, 0.25) is 5.91 Å². The van der Waals surface area contributed by atoms with Gasteiger partial charge < -0.3 is 9.32 Å². The number of nitrogens with zero attached hydrogens (tertiary/aromatic N) is 3. The first-order chi connectivity index (χ1) is 17.7. The molecule has 0 spiro atoms. The molecular weight excluding hydrogens is 470 g/mol. The first kappa shape index (κ1) is 23.6. The molecule has 0 saturated carbocycles. The molecule has 1 amide bonds. The van der Waals surface area contributed by atoms with Crippen molar-refractivity contribution in [2.45, 2.75) is 24.8 Å². The summed E-state index contributed by atoms with van der Waals surface area (Å²) < 4.78 is 7.16. The van der Waals surface area contributed by atoms with Gasteiger partial charge in [0, 0.05) is 6.54 Å². The Hall–Kier alpha value is -4.10. The summed E-state index contributed by atoms with van der Waals surface area (Å²) in [5, 5.41) is 1.08. The minimum absolute atomic E-state index is 0.0612. The molecule has 2 aromatic heterocycles. The summed E-state index contributed by atoms with van der Waals surface area (Å²) in [6, 6.07) is 30.7. The van der Waals surface area contributed by atoms with Crippen molar-refractivity contribution in [3.05, 3.63) is 131 Å². The molecule has 3 aromatic carbocycles. The predicted molar refractivity (Wildman–Crippen MR) is 142 cm³/mol. The summed E-state index contributed by atoms with van der Waals surface area (Å²) in [6.45, 7) is 1.21. The number of fused-ring (bicyclic) bond motifs is 1. The molecule has 0 aliphatic heterocycles. The van der Waals surface area contributed by atoms with Gasteiger partial charge in [-0.05, 0) is 35.4 Å². The summed E-state index contributed by atoms with van der Waals surface area (Å²) in [7, 11) is 0. The lowest BCUT2D eigenvalue weighted by Gasteiger charge is -2.22. The van der Waals surface area contributed by atoms with Gasteiger partial charge in [0.05, 0.1) is 36.0 Å². The van der Waals surface area contributed by atoms with E-state index in [4.69, 9.17) is 9.40 Å². The number of aromatic nitrogens is 2. The minimum Gasteiger partial charge on any atom is -0.467 e. The summed E-state index contributed by atoms with van der Waals surface area (Å²) in [5.74, 6) is 0.802. The number of carbonyl (C=O) groups is 1. The van der Waals surface area contributed by atoms with E-state index in [9.17, 15) is 9.59 Å². The van der Waals surface area contributed by atoms with Crippen LogP contribution in [0.3, 0.4) is 0 Å². The fourth-order valence-electron chi connectivity index (χ4n) is 4.01. The van der Waals surface area contributed by atoms with E-state index in [0.29, 0.717) is 41.5 Å². The third-order valence-electron chi connectivity index (χ3n) is 5.83. The van der Waals surface area contributed by atoms with Crippen LogP contribution >= 0.6 is 11.8 Å². The normalized spacial score (nSPS) is 11.0. The maximum absolute atomic E-state index is 13.4. The van der Waals surface area contributed by atoms with Crippen LogP contribution in [0.2, 0.25) is 0 Å². The monoisotopic (exact) mass is 495 g/mol. The molecule has 5 aromatic rings. The van der Waals surface area contributed by atoms with E-state index < -0.39 is 0 Å². The smallest absolute Gasteiger partial charge is 0.262 e. The van der Waals surface area contributed by atoms with E-state index in [-0.39, 0.29) is 17.2 Å². The highest BCUT2D eigenvalue weighted by atomic mass is 32.2. The van der Waals surface area contributed by atoms with Gasteiger partial charge in [-0.15, -0.1) is 0 Å². The van der Waals surface area contributed by atoms with Crippen LogP contribution in [-0.4, -0.2) is 26.1 Å². The van der Waals surface area contributed by atoms with Crippen LogP contribution in [0.25, 0.3) is 10.9 Å². The van der Waals surface area contributed by atoms with Gasteiger partial charge in [0.25, 0.3) is 5.56 Å². The number of furan rings is 1. The lowest BCUT2D eigenvalue weighted by molar-refractivity contribution is -0.129. The number of rotatable bonds is 9. The molecule has 0 aliphatic rings. The second-order valence-electron chi connectivity index (χ2n) is 8.39. The molecule has 0 fully saturated rings. The zero-order valence-electron chi connectivity index (χ0n) is 19.6. The highest BCUT2D eigenvalue weighted by molar-refractivity contribution is 7.99. The van der Waals surface area contributed by atoms with Crippen LogP contribution in [0, 0.1) is 0 Å². The van der Waals surface area contributed by atoms with Crippen LogP contribution in [0.5, 0.6) is 0 Å². The number of para-hydroxylation sites is 1. The second-order valence-corrected chi connectivity index (χ2v) is 9.33. The van der Waals surface area contributed by atoms with Crippen LogP contribution in [-0.2, 0) is 24.4 Å². The van der Waals surface area contributed by atoms with Crippen molar-refractivity contribution < 1.29 is 9.21 Å². The topological polar surface area (TPSA) is 68.3 Å². The Morgan fingerprint density at radius 2 is 1.53 bits per heavy atom. The summed E-state index contributed by atoms with van der Waals surface area (Å²) in [5.41, 5.74) is 2.54. The molecular formula is C29H25N3O3S. The lowest BCUT2D eigenvalue weighted by Crippen LogP contribution is -2.32. The minimum atomic E-state index is -0.115. The van der Waals surface area contributed by atoms with E-state index in [0.717, 1.165) is 11.1 Å². The standard InChI is InChI=1S/C29H25N3O3S/c33-27(31(20-24-14-9-17-35-24)18-22-10-3-1-4-11-22)21-36-29-30-26-16-8-7-15-25(26)28(34)32(29)19-23-12-5-2-6-13-23/h1-17H,18-21H2. The van der Waals surface area contributed by atoms with E-state index in [2.05, 4.69) is 0 Å². The van der Waals surface area contributed by atoms with Crippen molar-refractivity contribution in [1.29, 1.82) is 0 Å². The molecule has 0 saturated heterocycles. The van der Waals surface area contributed by atoms with Crippen LogP contribution in [0.15, 0.2) is 118 Å². The SMILES string of the molecule is O=C(CSc1nc2ccccc2c(=O)n1Cc1ccccc1)N(Cc1ccccc1)Cc1ccco1. The third-order valence-corrected chi connectivity index (χ3v) is 6.79. The molecule has 0 bridgehead atoms. The molecule has 180 valence electrons. The van der Waals surface area contributed by atoms with Gasteiger partial charge in [-0.1, -0.05) is 84.6 Å². The van der Waals surface area contributed by atoms with Crippen molar-refractivity contribution in [3.63, 3.8) is 0 Å². The largest absolute Gasteiger partial charge is 0.467 e. The lowest BCUT2D eigenvalue weighted by atomic mass is 10.2. The quantitative estimate of drug-likeness (QED) is 0.203. The van der Waals surface area contributed by atoms with Crippen molar-refractivity contribution in [2.24, 2.45) is 0 Å². The Bertz CT molecular complexity index is 1500. The fourth-order valence-corrected chi connectivity index (χ4v) is 4.91. The number of carbonyl (C=O) groups excluding carboxylic acids is 1.